The standard InChI is InChI=1S/C34H42ClN3O5S2/c1-4-32(34(40)36-26-12-7-6-8-13-26)37(23-25-11-9-10-14-31(25)35)33(39)24-38(27-15-17-28(18-16-27)43-5-2)45(41,42)30-21-19-29(44-3)20-22-30/h9-11,14-22,26,32H,4-8,12-13,23-24H2,1-3H3,(H,36,40)/t32-/m0/s1. The monoisotopic (exact) mass is 671 g/mol. The van der Waals surface area contributed by atoms with Crippen LogP contribution in [0, 0.1) is 0 Å². The summed E-state index contributed by atoms with van der Waals surface area (Å²) in [6, 6.07) is 19.6. The minimum absolute atomic E-state index is 0.0503. The molecule has 1 aliphatic carbocycles. The lowest BCUT2D eigenvalue weighted by Gasteiger charge is -2.34. The Hall–Kier alpha value is -3.21. The molecule has 1 N–H and O–H groups in total. The van der Waals surface area contributed by atoms with Crippen molar-refractivity contribution >= 4 is 50.9 Å². The predicted octanol–water partition coefficient (Wildman–Crippen LogP) is 6.91. The summed E-state index contributed by atoms with van der Waals surface area (Å²) in [4.78, 5) is 30.5. The van der Waals surface area contributed by atoms with E-state index in [1.807, 2.05) is 32.2 Å². The van der Waals surface area contributed by atoms with Crippen LogP contribution in [0.2, 0.25) is 5.02 Å². The predicted molar refractivity (Wildman–Crippen MR) is 181 cm³/mol. The average Bonchev–Trinajstić information content (AvgIpc) is 3.05. The number of rotatable bonds is 14. The van der Waals surface area contributed by atoms with Crippen LogP contribution < -0.4 is 14.4 Å². The number of thioether (sulfide) groups is 1. The molecule has 11 heteroatoms. The van der Waals surface area contributed by atoms with E-state index < -0.39 is 28.5 Å². The molecule has 3 aromatic carbocycles. The highest BCUT2D eigenvalue weighted by molar-refractivity contribution is 7.98. The molecule has 1 saturated carbocycles. The maximum atomic E-state index is 14.4. The van der Waals surface area contributed by atoms with Crippen LogP contribution >= 0.6 is 23.4 Å². The lowest BCUT2D eigenvalue weighted by molar-refractivity contribution is -0.140. The number of benzene rings is 3. The maximum absolute atomic E-state index is 14.4. The summed E-state index contributed by atoms with van der Waals surface area (Å²) in [6.07, 6.45) is 7.32. The van der Waals surface area contributed by atoms with Crippen molar-refractivity contribution in [2.45, 2.75) is 80.8 Å². The second kappa shape index (κ2) is 16.4. The van der Waals surface area contributed by atoms with Crippen LogP contribution in [0.3, 0.4) is 0 Å². The molecule has 0 aromatic heterocycles. The molecule has 0 radical (unpaired) electrons. The molecule has 1 fully saturated rings. The summed E-state index contributed by atoms with van der Waals surface area (Å²) >= 11 is 8.02. The number of amides is 2. The Kier molecular flexibility index (Phi) is 12.6. The maximum Gasteiger partial charge on any atom is 0.264 e. The zero-order chi connectivity index (χ0) is 32.4. The number of hydrogen-bond donors (Lipinski definition) is 1. The van der Waals surface area contributed by atoms with Crippen molar-refractivity contribution in [2.24, 2.45) is 0 Å². The topological polar surface area (TPSA) is 96.0 Å². The fraction of sp³-hybridized carbons (Fsp3) is 0.412. The number of carbonyl (C=O) groups excluding carboxylic acids is 2. The van der Waals surface area contributed by atoms with Crippen LogP contribution in [0.15, 0.2) is 82.6 Å². The van der Waals surface area contributed by atoms with Gasteiger partial charge in [-0.1, -0.05) is 56.0 Å². The number of carbonyl (C=O) groups is 2. The number of ether oxygens (including phenoxy) is 1. The normalized spacial score (nSPS) is 14.4. The fourth-order valence-electron chi connectivity index (χ4n) is 5.55. The second-order valence-electron chi connectivity index (χ2n) is 11.0. The van der Waals surface area contributed by atoms with Gasteiger partial charge in [0.05, 0.1) is 17.2 Å². The molecule has 2 amide bonds. The average molecular weight is 672 g/mol. The quantitative estimate of drug-likeness (QED) is 0.187. The van der Waals surface area contributed by atoms with Gasteiger partial charge in [-0.3, -0.25) is 13.9 Å². The van der Waals surface area contributed by atoms with E-state index in [0.29, 0.717) is 35.1 Å². The highest BCUT2D eigenvalue weighted by atomic mass is 35.5. The third kappa shape index (κ3) is 8.95. The molecule has 0 aliphatic heterocycles. The Morgan fingerprint density at radius 1 is 0.978 bits per heavy atom. The number of nitrogens with one attached hydrogen (secondary N) is 1. The van der Waals surface area contributed by atoms with Gasteiger partial charge in [-0.15, -0.1) is 11.8 Å². The summed E-state index contributed by atoms with van der Waals surface area (Å²) in [5, 5.41) is 3.62. The van der Waals surface area contributed by atoms with Crippen molar-refractivity contribution in [2.75, 3.05) is 23.7 Å². The first-order valence-electron chi connectivity index (χ1n) is 15.4. The first-order chi connectivity index (χ1) is 21.7. The summed E-state index contributed by atoms with van der Waals surface area (Å²) in [6.45, 7) is 3.71. The Labute approximate surface area is 276 Å². The molecule has 3 aromatic rings. The third-order valence-corrected chi connectivity index (χ3v) is 10.9. The van der Waals surface area contributed by atoms with Gasteiger partial charge in [-0.25, -0.2) is 8.42 Å². The molecule has 0 saturated heterocycles. The number of hydrogen-bond acceptors (Lipinski definition) is 6. The fourth-order valence-corrected chi connectivity index (χ4v) is 7.57. The van der Waals surface area contributed by atoms with Crippen molar-refractivity contribution in [3.05, 3.63) is 83.4 Å². The van der Waals surface area contributed by atoms with Gasteiger partial charge in [0.25, 0.3) is 10.0 Å². The van der Waals surface area contributed by atoms with Crippen molar-refractivity contribution in [3.63, 3.8) is 0 Å². The van der Waals surface area contributed by atoms with Crippen LogP contribution in [0.1, 0.15) is 57.9 Å². The summed E-state index contributed by atoms with van der Waals surface area (Å²) in [5.41, 5.74) is 0.970. The van der Waals surface area contributed by atoms with E-state index >= 15 is 0 Å². The number of nitrogens with zero attached hydrogens (tertiary/aromatic N) is 2. The molecule has 242 valence electrons. The molecule has 8 nitrogen and oxygen atoms in total. The summed E-state index contributed by atoms with van der Waals surface area (Å²) < 4.78 is 35.0. The van der Waals surface area contributed by atoms with E-state index in [2.05, 4.69) is 5.32 Å². The van der Waals surface area contributed by atoms with Crippen molar-refractivity contribution in [3.8, 4) is 5.75 Å². The van der Waals surface area contributed by atoms with E-state index in [0.717, 1.165) is 41.3 Å². The van der Waals surface area contributed by atoms with Crippen LogP contribution in [0.5, 0.6) is 5.75 Å². The summed E-state index contributed by atoms with van der Waals surface area (Å²) in [5.74, 6) is -0.174. The molecule has 0 bridgehead atoms. The van der Waals surface area contributed by atoms with Gasteiger partial charge >= 0.3 is 0 Å². The van der Waals surface area contributed by atoms with Crippen LogP contribution in [0.25, 0.3) is 0 Å². The van der Waals surface area contributed by atoms with Crippen LogP contribution in [-0.2, 0) is 26.2 Å². The van der Waals surface area contributed by atoms with Crippen molar-refractivity contribution in [1.82, 2.24) is 10.2 Å². The molecule has 4 rings (SSSR count). The Balaban J connectivity index is 1.72. The van der Waals surface area contributed by atoms with Gasteiger partial charge in [0.1, 0.15) is 18.3 Å². The van der Waals surface area contributed by atoms with Gasteiger partial charge in [0.15, 0.2) is 0 Å². The molecule has 45 heavy (non-hydrogen) atoms. The van der Waals surface area contributed by atoms with E-state index in [4.69, 9.17) is 16.3 Å². The molecule has 1 atom stereocenters. The van der Waals surface area contributed by atoms with Crippen molar-refractivity contribution < 1.29 is 22.7 Å². The van der Waals surface area contributed by atoms with Gasteiger partial charge in [0.2, 0.25) is 11.8 Å². The largest absolute Gasteiger partial charge is 0.494 e. The minimum Gasteiger partial charge on any atom is -0.494 e. The van der Waals surface area contributed by atoms with Crippen LogP contribution in [0.4, 0.5) is 5.69 Å². The first-order valence-corrected chi connectivity index (χ1v) is 18.4. The van der Waals surface area contributed by atoms with E-state index in [1.54, 1.807) is 60.7 Å². The highest BCUT2D eigenvalue weighted by Crippen LogP contribution is 2.29. The Bertz CT molecular complexity index is 1530. The van der Waals surface area contributed by atoms with E-state index in [-0.39, 0.29) is 23.4 Å². The number of anilines is 1. The van der Waals surface area contributed by atoms with Gasteiger partial charge in [-0.05, 0) is 92.6 Å². The SMILES string of the molecule is CCOc1ccc(N(CC(=O)N(Cc2ccccc2Cl)[C@@H](CC)C(=O)NC2CCCCC2)S(=O)(=O)c2ccc(SC)cc2)cc1. The first kappa shape index (κ1) is 34.7. The van der Waals surface area contributed by atoms with Crippen molar-refractivity contribution in [1.29, 1.82) is 0 Å². The molecular formula is C34H42ClN3O5S2. The van der Waals surface area contributed by atoms with Gasteiger partial charge in [-0.2, -0.15) is 0 Å². The number of sulfonamides is 1. The molecule has 0 unspecified atom stereocenters. The minimum atomic E-state index is -4.18. The third-order valence-electron chi connectivity index (χ3n) is 8.00. The molecule has 0 spiro atoms. The Morgan fingerprint density at radius 2 is 1.64 bits per heavy atom. The number of halogens is 1. The van der Waals surface area contributed by atoms with E-state index in [9.17, 15) is 18.0 Å². The van der Waals surface area contributed by atoms with Crippen LogP contribution in [-0.4, -0.2) is 56.6 Å². The Morgan fingerprint density at radius 3 is 2.24 bits per heavy atom. The smallest absolute Gasteiger partial charge is 0.264 e. The zero-order valence-electron chi connectivity index (χ0n) is 26.1. The second-order valence-corrected chi connectivity index (χ2v) is 14.1. The lowest BCUT2D eigenvalue weighted by Crippen LogP contribution is -2.54. The van der Waals surface area contributed by atoms with Gasteiger partial charge in [0, 0.05) is 22.5 Å². The van der Waals surface area contributed by atoms with Gasteiger partial charge < -0.3 is 15.0 Å². The zero-order valence-corrected chi connectivity index (χ0v) is 28.5. The van der Waals surface area contributed by atoms with E-state index in [1.165, 1.54) is 16.7 Å². The highest BCUT2D eigenvalue weighted by Gasteiger charge is 2.34. The lowest BCUT2D eigenvalue weighted by atomic mass is 9.95. The molecule has 1 aliphatic rings. The summed E-state index contributed by atoms with van der Waals surface area (Å²) in [7, 11) is -4.18. The molecular weight excluding hydrogens is 630 g/mol. The molecule has 0 heterocycles.